The Balaban J connectivity index is 1.87. The lowest BCUT2D eigenvalue weighted by Crippen LogP contribution is -2.44. The molecule has 0 saturated heterocycles. The van der Waals surface area contributed by atoms with Crippen LogP contribution in [0.5, 0.6) is 5.75 Å². The van der Waals surface area contributed by atoms with Crippen LogP contribution in [0.25, 0.3) is 0 Å². The normalized spacial score (nSPS) is 23.4. The molecule has 0 aliphatic heterocycles. The van der Waals surface area contributed by atoms with Crippen LogP contribution in [0.3, 0.4) is 0 Å². The number of aliphatic hydroxyl groups excluding tert-OH is 1. The molecule has 1 saturated carbocycles. The van der Waals surface area contributed by atoms with Gasteiger partial charge in [0.1, 0.15) is 5.75 Å². The van der Waals surface area contributed by atoms with Crippen LogP contribution in [-0.4, -0.2) is 29.3 Å². The lowest BCUT2D eigenvalue weighted by Gasteiger charge is -2.27. The van der Waals surface area contributed by atoms with Gasteiger partial charge in [0.25, 0.3) is 5.91 Å². The maximum absolute atomic E-state index is 12.1. The molecule has 0 radical (unpaired) electrons. The lowest BCUT2D eigenvalue weighted by molar-refractivity contribution is -0.128. The van der Waals surface area contributed by atoms with Crippen molar-refractivity contribution in [1.29, 1.82) is 0 Å². The Hall–Kier alpha value is -0.970. The molecule has 21 heavy (non-hydrogen) atoms. The molecule has 1 aromatic rings. The van der Waals surface area contributed by atoms with Gasteiger partial charge in [-0.3, -0.25) is 4.79 Å². The molecule has 0 bridgehead atoms. The molecular formula is C15H19Cl2NO3. The molecule has 4 nitrogen and oxygen atoms in total. The summed E-state index contributed by atoms with van der Waals surface area (Å²) in [6.07, 6.45) is 2.17. The van der Waals surface area contributed by atoms with Crippen LogP contribution in [0.4, 0.5) is 0 Å². The van der Waals surface area contributed by atoms with Gasteiger partial charge >= 0.3 is 0 Å². The number of hydrogen-bond donors (Lipinski definition) is 2. The largest absolute Gasteiger partial charge is 0.481 e. The molecule has 0 spiro atoms. The number of benzene rings is 1. The zero-order valence-corrected chi connectivity index (χ0v) is 13.3. The summed E-state index contributed by atoms with van der Waals surface area (Å²) in [5.74, 6) is 0.293. The number of carbonyl (C=O) groups excluding carboxylic acids is 1. The van der Waals surface area contributed by atoms with Gasteiger partial charge in [0.2, 0.25) is 0 Å². The SMILES string of the molecule is C[C@@H](Oc1cc(Cl)cc(Cl)c1)C(=O)NC1CCC(O)CC1. The molecule has 0 aromatic heterocycles. The highest BCUT2D eigenvalue weighted by atomic mass is 35.5. The van der Waals surface area contributed by atoms with Crippen molar-refractivity contribution in [3.8, 4) is 5.75 Å². The Bertz CT molecular complexity index is 481. The molecule has 2 rings (SSSR count). The molecule has 1 aliphatic carbocycles. The number of amides is 1. The number of aliphatic hydroxyl groups is 1. The third kappa shape index (κ3) is 5.06. The van der Waals surface area contributed by atoms with E-state index in [0.717, 1.165) is 25.7 Å². The molecule has 1 aliphatic rings. The molecule has 2 N–H and O–H groups in total. The third-order valence-corrected chi connectivity index (χ3v) is 4.00. The summed E-state index contributed by atoms with van der Waals surface area (Å²) in [4.78, 5) is 12.1. The molecule has 0 unspecified atom stereocenters. The van der Waals surface area contributed by atoms with E-state index in [1.54, 1.807) is 25.1 Å². The number of halogens is 2. The average Bonchev–Trinajstić information content (AvgIpc) is 2.40. The lowest BCUT2D eigenvalue weighted by atomic mass is 9.93. The summed E-state index contributed by atoms with van der Waals surface area (Å²) >= 11 is 11.8. The van der Waals surface area contributed by atoms with Crippen LogP contribution in [-0.2, 0) is 4.79 Å². The Morgan fingerprint density at radius 1 is 1.24 bits per heavy atom. The van der Waals surface area contributed by atoms with Crippen molar-refractivity contribution in [3.05, 3.63) is 28.2 Å². The van der Waals surface area contributed by atoms with E-state index in [2.05, 4.69) is 5.32 Å². The second-order valence-electron chi connectivity index (χ2n) is 5.38. The van der Waals surface area contributed by atoms with Crippen LogP contribution >= 0.6 is 23.2 Å². The van der Waals surface area contributed by atoms with Gasteiger partial charge in [0.15, 0.2) is 6.10 Å². The van der Waals surface area contributed by atoms with Gasteiger partial charge in [0.05, 0.1) is 6.10 Å². The quantitative estimate of drug-likeness (QED) is 0.890. The first-order chi connectivity index (χ1) is 9.94. The van der Waals surface area contributed by atoms with Gasteiger partial charge in [-0.1, -0.05) is 23.2 Å². The molecule has 6 heteroatoms. The molecule has 1 aromatic carbocycles. The molecule has 1 amide bonds. The van der Waals surface area contributed by atoms with Crippen molar-refractivity contribution in [1.82, 2.24) is 5.32 Å². The average molecular weight is 332 g/mol. The predicted octanol–water partition coefficient (Wildman–Crippen LogP) is 3.18. The van der Waals surface area contributed by atoms with Crippen LogP contribution < -0.4 is 10.1 Å². The smallest absolute Gasteiger partial charge is 0.260 e. The fraction of sp³-hybridized carbons (Fsp3) is 0.533. The zero-order chi connectivity index (χ0) is 15.4. The topological polar surface area (TPSA) is 58.6 Å². The molecule has 116 valence electrons. The van der Waals surface area contributed by atoms with Crippen LogP contribution in [0.1, 0.15) is 32.6 Å². The highest BCUT2D eigenvalue weighted by molar-refractivity contribution is 6.34. The minimum absolute atomic E-state index is 0.106. The first-order valence-electron chi connectivity index (χ1n) is 7.05. The second kappa shape index (κ2) is 7.34. The van der Waals surface area contributed by atoms with Crippen molar-refractivity contribution < 1.29 is 14.6 Å². The second-order valence-corrected chi connectivity index (χ2v) is 6.25. The van der Waals surface area contributed by atoms with Crippen molar-refractivity contribution in [3.63, 3.8) is 0 Å². The maximum Gasteiger partial charge on any atom is 0.260 e. The fourth-order valence-electron chi connectivity index (χ4n) is 2.39. The van der Waals surface area contributed by atoms with Gasteiger partial charge in [-0.15, -0.1) is 0 Å². The first kappa shape index (κ1) is 16.4. The minimum atomic E-state index is -0.633. The summed E-state index contributed by atoms with van der Waals surface area (Å²) in [7, 11) is 0. The first-order valence-corrected chi connectivity index (χ1v) is 7.81. The molecule has 1 fully saturated rings. The van der Waals surface area contributed by atoms with E-state index in [9.17, 15) is 9.90 Å². The van der Waals surface area contributed by atoms with Crippen molar-refractivity contribution in [2.24, 2.45) is 0 Å². The summed E-state index contributed by atoms with van der Waals surface area (Å²) < 4.78 is 5.57. The van der Waals surface area contributed by atoms with E-state index < -0.39 is 6.10 Å². The van der Waals surface area contributed by atoms with E-state index >= 15 is 0 Å². The zero-order valence-electron chi connectivity index (χ0n) is 11.8. The Labute approximate surface area is 134 Å². The number of carbonyl (C=O) groups is 1. The van der Waals surface area contributed by atoms with Crippen LogP contribution in [0.15, 0.2) is 18.2 Å². The summed E-state index contributed by atoms with van der Waals surface area (Å²) in [6, 6.07) is 4.95. The highest BCUT2D eigenvalue weighted by Crippen LogP contribution is 2.25. The van der Waals surface area contributed by atoms with Gasteiger partial charge in [-0.05, 0) is 50.8 Å². The van der Waals surface area contributed by atoms with E-state index in [1.807, 2.05) is 0 Å². The third-order valence-electron chi connectivity index (χ3n) is 3.56. The number of rotatable bonds is 4. The highest BCUT2D eigenvalue weighted by Gasteiger charge is 2.23. The molecule has 1 atom stereocenters. The summed E-state index contributed by atoms with van der Waals surface area (Å²) in [5, 5.41) is 13.3. The fourth-order valence-corrected chi connectivity index (χ4v) is 2.90. The predicted molar refractivity (Wildman–Crippen MR) is 83.0 cm³/mol. The van der Waals surface area contributed by atoms with Gasteiger partial charge < -0.3 is 15.2 Å². The Kier molecular flexibility index (Phi) is 5.73. The number of ether oxygens (including phenoxy) is 1. The number of hydrogen-bond acceptors (Lipinski definition) is 3. The number of nitrogens with one attached hydrogen (secondary N) is 1. The molecule has 0 heterocycles. The molecular weight excluding hydrogens is 313 g/mol. The van der Waals surface area contributed by atoms with E-state index in [4.69, 9.17) is 27.9 Å². The standard InChI is InChI=1S/C15H19Cl2NO3/c1-9(21-14-7-10(16)6-11(17)8-14)15(20)18-12-2-4-13(19)5-3-12/h6-9,12-13,19H,2-5H2,1H3,(H,18,20)/t9-,12?,13?/m1/s1. The van der Waals surface area contributed by atoms with Gasteiger partial charge in [-0.2, -0.15) is 0 Å². The van der Waals surface area contributed by atoms with E-state index in [-0.39, 0.29) is 18.1 Å². The summed E-state index contributed by atoms with van der Waals surface area (Å²) in [5.41, 5.74) is 0. The Morgan fingerprint density at radius 2 is 1.81 bits per heavy atom. The summed E-state index contributed by atoms with van der Waals surface area (Å²) in [6.45, 7) is 1.68. The van der Waals surface area contributed by atoms with E-state index in [0.29, 0.717) is 15.8 Å². The van der Waals surface area contributed by atoms with Crippen molar-refractivity contribution >= 4 is 29.1 Å². The van der Waals surface area contributed by atoms with Crippen LogP contribution in [0.2, 0.25) is 10.0 Å². The monoisotopic (exact) mass is 331 g/mol. The van der Waals surface area contributed by atoms with Crippen LogP contribution in [0, 0.1) is 0 Å². The van der Waals surface area contributed by atoms with Crippen molar-refractivity contribution in [2.75, 3.05) is 0 Å². The van der Waals surface area contributed by atoms with E-state index in [1.165, 1.54) is 0 Å². The maximum atomic E-state index is 12.1. The Morgan fingerprint density at radius 3 is 2.38 bits per heavy atom. The van der Waals surface area contributed by atoms with Gasteiger partial charge in [0, 0.05) is 16.1 Å². The van der Waals surface area contributed by atoms with Gasteiger partial charge in [-0.25, -0.2) is 0 Å². The minimum Gasteiger partial charge on any atom is -0.481 e. The van der Waals surface area contributed by atoms with Crippen molar-refractivity contribution in [2.45, 2.75) is 50.9 Å².